The summed E-state index contributed by atoms with van der Waals surface area (Å²) in [7, 11) is 0. The number of hydrogen-bond donors (Lipinski definition) is 1. The van der Waals surface area contributed by atoms with Gasteiger partial charge in [0.25, 0.3) is 0 Å². The van der Waals surface area contributed by atoms with Crippen LogP contribution in [0.2, 0.25) is 0 Å². The summed E-state index contributed by atoms with van der Waals surface area (Å²) in [5.74, 6) is 3.96. The highest BCUT2D eigenvalue weighted by Gasteiger charge is 2.15. The smallest absolute Gasteiger partial charge is 0.303 e. The number of hydrogen-bond acceptors (Lipinski definition) is 3. The second kappa shape index (κ2) is 12.7. The minimum Gasteiger partial charge on any atom is -0.481 e. The molecule has 1 N–H and O–H groups in total. The number of benzene rings is 1. The number of carboxylic acid groups (broad SMARTS) is 1. The third-order valence-electron chi connectivity index (χ3n) is 4.91. The highest BCUT2D eigenvalue weighted by Crippen LogP contribution is 2.30. The Hall–Kier alpha value is -0.610. The maximum absolute atomic E-state index is 10.7. The van der Waals surface area contributed by atoms with E-state index in [1.54, 1.807) is 0 Å². The molecule has 0 bridgehead atoms. The fourth-order valence-corrected chi connectivity index (χ4v) is 6.06. The van der Waals surface area contributed by atoms with Gasteiger partial charge >= 0.3 is 5.97 Å². The van der Waals surface area contributed by atoms with E-state index in [0.717, 1.165) is 30.9 Å². The summed E-state index contributed by atoms with van der Waals surface area (Å²) in [5.41, 5.74) is 1.39. The largest absolute Gasteiger partial charge is 0.481 e. The lowest BCUT2D eigenvalue weighted by Gasteiger charge is -2.17. The minimum atomic E-state index is -0.666. The second-order valence-electron chi connectivity index (χ2n) is 7.07. The molecule has 0 heterocycles. The maximum atomic E-state index is 10.7. The Morgan fingerprint density at radius 2 is 1.88 bits per heavy atom. The molecule has 1 saturated carbocycles. The summed E-state index contributed by atoms with van der Waals surface area (Å²) >= 11 is 4.19. The van der Waals surface area contributed by atoms with E-state index in [2.05, 4.69) is 53.9 Å². The van der Waals surface area contributed by atoms with Crippen LogP contribution in [0.5, 0.6) is 0 Å². The number of thioether (sulfide) groups is 2. The number of rotatable bonds is 13. The fraction of sp³-hybridized carbons (Fsp3) is 0.667. The molecule has 0 spiro atoms. The van der Waals surface area contributed by atoms with Gasteiger partial charge in [0, 0.05) is 17.4 Å². The van der Waals surface area contributed by atoms with Crippen molar-refractivity contribution in [3.63, 3.8) is 0 Å². The van der Waals surface area contributed by atoms with Crippen LogP contribution in [0.3, 0.4) is 0 Å². The molecule has 1 aliphatic rings. The van der Waals surface area contributed by atoms with Gasteiger partial charge in [-0.05, 0) is 55.1 Å². The van der Waals surface area contributed by atoms with Crippen molar-refractivity contribution in [2.24, 2.45) is 5.92 Å². The topological polar surface area (TPSA) is 37.3 Å². The third kappa shape index (κ3) is 9.60. The molecule has 1 atom stereocenters. The molecule has 1 fully saturated rings. The van der Waals surface area contributed by atoms with Crippen LogP contribution in [-0.4, -0.2) is 27.8 Å². The molecule has 0 saturated heterocycles. The molecule has 140 valence electrons. The minimum absolute atomic E-state index is 0.312. The molecule has 2 rings (SSSR count). The Bertz CT molecular complexity index is 472. The van der Waals surface area contributed by atoms with Crippen LogP contribution in [0.4, 0.5) is 0 Å². The average Bonchev–Trinajstić information content (AvgIpc) is 3.13. The zero-order valence-corrected chi connectivity index (χ0v) is 16.8. The molecule has 0 amide bonds. The maximum Gasteiger partial charge on any atom is 0.303 e. The number of aliphatic carboxylic acids is 1. The Morgan fingerprint density at radius 1 is 1.12 bits per heavy atom. The van der Waals surface area contributed by atoms with Crippen molar-refractivity contribution in [2.75, 3.05) is 11.5 Å². The first kappa shape index (κ1) is 20.7. The van der Waals surface area contributed by atoms with Crippen LogP contribution < -0.4 is 0 Å². The van der Waals surface area contributed by atoms with Crippen molar-refractivity contribution >= 4 is 29.5 Å². The van der Waals surface area contributed by atoms with Crippen LogP contribution in [0.1, 0.15) is 63.4 Å². The normalized spacial score (nSPS) is 16.2. The molecule has 0 radical (unpaired) electrons. The van der Waals surface area contributed by atoms with Gasteiger partial charge in [-0.2, -0.15) is 23.5 Å². The van der Waals surface area contributed by atoms with E-state index in [0.29, 0.717) is 11.7 Å². The summed E-state index contributed by atoms with van der Waals surface area (Å²) in [5, 5.41) is 9.46. The van der Waals surface area contributed by atoms with Gasteiger partial charge in [-0.3, -0.25) is 4.79 Å². The van der Waals surface area contributed by atoms with E-state index < -0.39 is 5.97 Å². The molecular weight excluding hydrogens is 348 g/mol. The van der Waals surface area contributed by atoms with Crippen molar-refractivity contribution in [1.29, 1.82) is 0 Å². The zero-order chi connectivity index (χ0) is 17.7. The van der Waals surface area contributed by atoms with Gasteiger partial charge < -0.3 is 5.11 Å². The molecule has 25 heavy (non-hydrogen) atoms. The Balaban J connectivity index is 1.67. The van der Waals surface area contributed by atoms with Crippen LogP contribution >= 0.6 is 23.5 Å². The van der Waals surface area contributed by atoms with E-state index in [4.69, 9.17) is 5.11 Å². The van der Waals surface area contributed by atoms with E-state index in [-0.39, 0.29) is 0 Å². The average molecular weight is 381 g/mol. The van der Waals surface area contributed by atoms with Crippen molar-refractivity contribution in [3.05, 3.63) is 35.9 Å². The predicted molar refractivity (Wildman–Crippen MR) is 112 cm³/mol. The van der Waals surface area contributed by atoms with E-state index in [9.17, 15) is 4.79 Å². The summed E-state index contributed by atoms with van der Waals surface area (Å²) in [4.78, 5) is 10.7. The lowest BCUT2D eigenvalue weighted by atomic mass is 10.1. The molecule has 0 aliphatic heterocycles. The van der Waals surface area contributed by atoms with Crippen LogP contribution in [0, 0.1) is 5.92 Å². The van der Waals surface area contributed by atoms with Crippen LogP contribution in [0.25, 0.3) is 0 Å². The van der Waals surface area contributed by atoms with Crippen molar-refractivity contribution in [3.8, 4) is 0 Å². The van der Waals surface area contributed by atoms with Crippen LogP contribution in [0.15, 0.2) is 30.3 Å². The monoisotopic (exact) mass is 380 g/mol. The first-order valence-corrected chi connectivity index (χ1v) is 11.9. The lowest BCUT2D eigenvalue weighted by molar-refractivity contribution is -0.137. The predicted octanol–water partition coefficient (Wildman–Crippen LogP) is 6.25. The summed E-state index contributed by atoms with van der Waals surface area (Å²) in [6.07, 6.45) is 10.3. The summed E-state index contributed by atoms with van der Waals surface area (Å²) < 4.78 is 0. The van der Waals surface area contributed by atoms with Crippen molar-refractivity contribution in [1.82, 2.24) is 0 Å². The van der Waals surface area contributed by atoms with Crippen molar-refractivity contribution in [2.45, 2.75) is 68.8 Å². The van der Waals surface area contributed by atoms with Crippen molar-refractivity contribution < 1.29 is 9.90 Å². The fourth-order valence-electron chi connectivity index (χ4n) is 3.39. The van der Waals surface area contributed by atoms with Gasteiger partial charge in [-0.15, -0.1) is 0 Å². The second-order valence-corrected chi connectivity index (χ2v) is 9.51. The number of unbranched alkanes of at least 4 members (excludes halogenated alkanes) is 1. The molecule has 4 heteroatoms. The molecule has 1 aliphatic carbocycles. The molecule has 1 aromatic carbocycles. The van der Waals surface area contributed by atoms with E-state index in [1.807, 2.05) is 0 Å². The Labute approximate surface area is 161 Å². The van der Waals surface area contributed by atoms with Gasteiger partial charge in [0.05, 0.1) is 0 Å². The Morgan fingerprint density at radius 3 is 2.60 bits per heavy atom. The first-order chi connectivity index (χ1) is 12.2. The first-order valence-electron chi connectivity index (χ1n) is 9.69. The molecule has 0 aromatic heterocycles. The molecule has 2 nitrogen and oxygen atoms in total. The van der Waals surface area contributed by atoms with Crippen LogP contribution in [-0.2, 0) is 10.5 Å². The van der Waals surface area contributed by atoms with Gasteiger partial charge in [0.15, 0.2) is 0 Å². The van der Waals surface area contributed by atoms with Gasteiger partial charge in [0.2, 0.25) is 0 Å². The quantitative estimate of drug-likeness (QED) is 0.411. The highest BCUT2D eigenvalue weighted by molar-refractivity contribution is 8.00. The molecule has 0 unspecified atom stereocenters. The zero-order valence-electron chi connectivity index (χ0n) is 15.2. The Kier molecular flexibility index (Phi) is 10.5. The summed E-state index contributed by atoms with van der Waals surface area (Å²) in [6, 6.07) is 10.7. The van der Waals surface area contributed by atoms with E-state index >= 15 is 0 Å². The number of carboxylic acids is 1. The summed E-state index contributed by atoms with van der Waals surface area (Å²) in [6.45, 7) is 0. The standard InChI is InChI=1S/C21H32O2S2/c22-21(23)13-7-6-12-20(25-17-19-8-2-1-3-9-19)14-15-24-16-18-10-4-5-11-18/h1-3,8-9,18,20H,4-7,10-17H2,(H,22,23)/t20-/m1/s1. The van der Waals surface area contributed by atoms with E-state index in [1.165, 1.54) is 49.2 Å². The van der Waals surface area contributed by atoms with Gasteiger partial charge in [-0.1, -0.05) is 49.6 Å². The SMILES string of the molecule is O=C(O)CCCC[C@H](CCSCC1CCCC1)SCc1ccccc1. The lowest BCUT2D eigenvalue weighted by Crippen LogP contribution is -2.07. The molecule has 1 aromatic rings. The third-order valence-corrected chi connectivity index (χ3v) is 7.58. The highest BCUT2D eigenvalue weighted by atomic mass is 32.2. The van der Waals surface area contributed by atoms with Gasteiger partial charge in [0.1, 0.15) is 0 Å². The van der Waals surface area contributed by atoms with Gasteiger partial charge in [-0.25, -0.2) is 0 Å². The number of carbonyl (C=O) groups is 1. The molecular formula is C21H32O2S2.